The van der Waals surface area contributed by atoms with Gasteiger partial charge in [-0.3, -0.25) is 9.59 Å². The van der Waals surface area contributed by atoms with Crippen LogP contribution in [0.15, 0.2) is 11.4 Å². The maximum absolute atomic E-state index is 13.7. The fraction of sp³-hybridized carbons (Fsp3) is 0.857. The van der Waals surface area contributed by atoms with E-state index >= 15 is 0 Å². The third kappa shape index (κ3) is 3.14. The summed E-state index contributed by atoms with van der Waals surface area (Å²) in [7, 11) is 0. The molecule has 8 saturated carbocycles. The summed E-state index contributed by atoms with van der Waals surface area (Å²) in [5, 5.41) is 6.86. The van der Waals surface area contributed by atoms with Crippen molar-refractivity contribution >= 4 is 11.8 Å². The van der Waals surface area contributed by atoms with Gasteiger partial charge in [0.25, 0.3) is 0 Å². The number of nitrogens with one attached hydrogen (secondary N) is 2. The average molecular weight is 437 g/mol. The third-order valence-electron chi connectivity index (χ3n) is 11.0. The van der Waals surface area contributed by atoms with E-state index in [1.807, 2.05) is 0 Å². The Kier molecular flexibility index (Phi) is 4.45. The van der Waals surface area contributed by atoms with E-state index in [9.17, 15) is 9.59 Å². The van der Waals surface area contributed by atoms with Crippen molar-refractivity contribution in [2.45, 2.75) is 103 Å². The predicted molar refractivity (Wildman–Crippen MR) is 123 cm³/mol. The molecule has 0 spiro atoms. The average Bonchev–Trinajstić information content (AvgIpc) is 2.73. The standard InChI is InChI=1S/C28H40N2O2/c31-25(27-11-17-5-18(12-27)7-19(6-17)13-27)29-23-3-1-2-4-24(23)30-26(32)28-14-20-8-21(15-28)10-22(9-20)16-28/h17-22H,1-16H2,(H,29,31)(H,30,32). The van der Waals surface area contributed by atoms with Crippen LogP contribution in [0.5, 0.6) is 0 Å². The molecule has 2 amide bonds. The molecule has 32 heavy (non-hydrogen) atoms. The lowest BCUT2D eigenvalue weighted by Crippen LogP contribution is -2.54. The van der Waals surface area contributed by atoms with Gasteiger partial charge in [0.1, 0.15) is 0 Å². The van der Waals surface area contributed by atoms with Gasteiger partial charge < -0.3 is 10.6 Å². The van der Waals surface area contributed by atoms with E-state index in [4.69, 9.17) is 0 Å². The first kappa shape index (κ1) is 20.1. The smallest absolute Gasteiger partial charge is 0.230 e. The molecule has 0 aliphatic heterocycles. The van der Waals surface area contributed by atoms with E-state index < -0.39 is 0 Å². The van der Waals surface area contributed by atoms with Gasteiger partial charge in [-0.2, -0.15) is 0 Å². The second kappa shape index (κ2) is 7.09. The summed E-state index contributed by atoms with van der Waals surface area (Å²) in [6, 6.07) is 0. The predicted octanol–water partition coefficient (Wildman–Crippen LogP) is 5.44. The molecule has 8 fully saturated rings. The van der Waals surface area contributed by atoms with Gasteiger partial charge in [0.2, 0.25) is 11.8 Å². The Morgan fingerprint density at radius 3 is 1.09 bits per heavy atom. The summed E-state index contributed by atoms with van der Waals surface area (Å²) < 4.78 is 0. The Labute approximate surface area is 192 Å². The maximum Gasteiger partial charge on any atom is 0.230 e. The van der Waals surface area contributed by atoms with Crippen LogP contribution in [0.25, 0.3) is 0 Å². The molecule has 4 heteroatoms. The van der Waals surface area contributed by atoms with Crippen molar-refractivity contribution in [2.24, 2.45) is 46.3 Å². The number of carbonyl (C=O) groups is 2. The molecule has 9 aliphatic carbocycles. The zero-order chi connectivity index (χ0) is 21.5. The number of carbonyl (C=O) groups excluding carboxylic acids is 2. The van der Waals surface area contributed by atoms with Gasteiger partial charge in [0.15, 0.2) is 0 Å². The van der Waals surface area contributed by atoms with Gasteiger partial charge in [-0.1, -0.05) is 0 Å². The highest BCUT2D eigenvalue weighted by atomic mass is 16.2. The van der Waals surface area contributed by atoms with Crippen molar-refractivity contribution in [1.29, 1.82) is 0 Å². The van der Waals surface area contributed by atoms with Crippen LogP contribution in [0.4, 0.5) is 0 Å². The van der Waals surface area contributed by atoms with E-state index in [0.29, 0.717) is 0 Å². The molecule has 0 aromatic rings. The third-order valence-corrected chi connectivity index (χ3v) is 11.0. The van der Waals surface area contributed by atoms with E-state index in [-0.39, 0.29) is 22.6 Å². The van der Waals surface area contributed by atoms with Crippen LogP contribution in [-0.2, 0) is 9.59 Å². The highest BCUT2D eigenvalue weighted by molar-refractivity contribution is 5.86. The Hall–Kier alpha value is -1.32. The minimum atomic E-state index is -0.117. The summed E-state index contributed by atoms with van der Waals surface area (Å²) in [5.41, 5.74) is 1.87. The van der Waals surface area contributed by atoms with Crippen molar-refractivity contribution in [3.8, 4) is 0 Å². The molecule has 4 nitrogen and oxygen atoms in total. The molecule has 9 rings (SSSR count). The van der Waals surface area contributed by atoms with E-state index in [1.54, 1.807) is 0 Å². The number of hydrogen-bond donors (Lipinski definition) is 2. The van der Waals surface area contributed by atoms with Crippen molar-refractivity contribution < 1.29 is 9.59 Å². The molecule has 174 valence electrons. The van der Waals surface area contributed by atoms with E-state index in [2.05, 4.69) is 10.6 Å². The van der Waals surface area contributed by atoms with Gasteiger partial charge >= 0.3 is 0 Å². The van der Waals surface area contributed by atoms with Gasteiger partial charge in [-0.25, -0.2) is 0 Å². The first-order valence-electron chi connectivity index (χ1n) is 13.8. The molecule has 0 saturated heterocycles. The SMILES string of the molecule is O=C(NC1=C(NC(=O)C23CC4CC(CC(C4)C2)C3)CCCC1)C12CC3CC(CC(C3)C1)C2. The zero-order valence-electron chi connectivity index (χ0n) is 19.6. The summed E-state index contributed by atoms with van der Waals surface area (Å²) in [5.74, 6) is 5.26. The largest absolute Gasteiger partial charge is 0.328 e. The Morgan fingerprint density at radius 1 is 0.531 bits per heavy atom. The highest BCUT2D eigenvalue weighted by Crippen LogP contribution is 2.61. The van der Waals surface area contributed by atoms with Crippen LogP contribution in [0.1, 0.15) is 103 Å². The molecule has 0 aromatic heterocycles. The normalized spacial score (nSPS) is 48.2. The molecule has 0 unspecified atom stereocenters. The minimum Gasteiger partial charge on any atom is -0.328 e. The Bertz CT molecular complexity index is 730. The molecule has 0 aromatic carbocycles. The summed E-state index contributed by atoms with van der Waals surface area (Å²) in [6.07, 6.45) is 18.9. The molecule has 2 N–H and O–H groups in total. The highest BCUT2D eigenvalue weighted by Gasteiger charge is 2.56. The molecule has 0 radical (unpaired) electrons. The molecule has 8 bridgehead atoms. The van der Waals surface area contributed by atoms with Crippen LogP contribution < -0.4 is 10.6 Å². The van der Waals surface area contributed by atoms with Crippen LogP contribution in [-0.4, -0.2) is 11.8 Å². The monoisotopic (exact) mass is 436 g/mol. The number of amides is 2. The summed E-state index contributed by atoms with van der Waals surface area (Å²) >= 11 is 0. The fourth-order valence-corrected chi connectivity index (χ4v) is 10.5. The van der Waals surface area contributed by atoms with Crippen LogP contribution in [0.2, 0.25) is 0 Å². The van der Waals surface area contributed by atoms with E-state index in [1.165, 1.54) is 38.5 Å². The molecule has 9 aliphatic rings. The maximum atomic E-state index is 13.7. The van der Waals surface area contributed by atoms with E-state index in [0.717, 1.165) is 111 Å². The van der Waals surface area contributed by atoms with Gasteiger partial charge in [0.05, 0.1) is 10.8 Å². The number of rotatable bonds is 4. The summed E-state index contributed by atoms with van der Waals surface area (Å²) in [4.78, 5) is 27.3. The quantitative estimate of drug-likeness (QED) is 0.617. The summed E-state index contributed by atoms with van der Waals surface area (Å²) in [6.45, 7) is 0. The topological polar surface area (TPSA) is 58.2 Å². The Morgan fingerprint density at radius 2 is 0.812 bits per heavy atom. The minimum absolute atomic E-state index is 0.117. The van der Waals surface area contributed by atoms with Crippen molar-refractivity contribution in [3.63, 3.8) is 0 Å². The van der Waals surface area contributed by atoms with Crippen molar-refractivity contribution in [2.75, 3.05) is 0 Å². The second-order valence-electron chi connectivity index (χ2n) is 13.5. The van der Waals surface area contributed by atoms with Crippen molar-refractivity contribution in [3.05, 3.63) is 11.4 Å². The molecule has 0 heterocycles. The Balaban J connectivity index is 1.10. The lowest BCUT2D eigenvalue weighted by molar-refractivity contribution is -0.146. The fourth-order valence-electron chi connectivity index (χ4n) is 10.5. The van der Waals surface area contributed by atoms with Gasteiger partial charge in [-0.15, -0.1) is 0 Å². The lowest BCUT2D eigenvalue weighted by atomic mass is 9.49. The van der Waals surface area contributed by atoms with Crippen LogP contribution in [0, 0.1) is 46.3 Å². The molecule has 0 atom stereocenters. The van der Waals surface area contributed by atoms with Gasteiger partial charge in [0, 0.05) is 11.4 Å². The van der Waals surface area contributed by atoms with Gasteiger partial charge in [-0.05, 0) is 138 Å². The first-order chi connectivity index (χ1) is 15.5. The molecular formula is C28H40N2O2. The van der Waals surface area contributed by atoms with Crippen LogP contribution >= 0.6 is 0 Å². The number of allylic oxidation sites excluding steroid dienone is 2. The number of hydrogen-bond acceptors (Lipinski definition) is 2. The van der Waals surface area contributed by atoms with Crippen LogP contribution in [0.3, 0.4) is 0 Å². The van der Waals surface area contributed by atoms with Crippen molar-refractivity contribution in [1.82, 2.24) is 10.6 Å². The zero-order valence-corrected chi connectivity index (χ0v) is 19.6. The second-order valence-corrected chi connectivity index (χ2v) is 13.5. The lowest BCUT2D eigenvalue weighted by Gasteiger charge is -2.56. The molecular weight excluding hydrogens is 396 g/mol. The first-order valence-corrected chi connectivity index (χ1v) is 13.8.